The first-order valence-electron chi connectivity index (χ1n) is 6.67. The van der Waals surface area contributed by atoms with Gasteiger partial charge in [0, 0.05) is 11.8 Å². The largest absolute Gasteiger partial charge is 0.484 e. The Morgan fingerprint density at radius 2 is 1.96 bits per heavy atom. The Kier molecular flexibility index (Phi) is 5.74. The molecular formula is C14H14ClN5O4. The van der Waals surface area contributed by atoms with Crippen molar-refractivity contribution in [2.45, 2.75) is 6.54 Å². The van der Waals surface area contributed by atoms with Crippen LogP contribution in [0.5, 0.6) is 5.75 Å². The number of hydrogen-bond donors (Lipinski definition) is 2. The van der Waals surface area contributed by atoms with E-state index in [0.29, 0.717) is 16.3 Å². The number of nitrogens with two attached hydrogens (primary N) is 2. The number of hydrogen-bond acceptors (Lipinski definition) is 6. The molecule has 126 valence electrons. The first-order valence-corrected chi connectivity index (χ1v) is 7.04. The number of carbonyl (C=O) groups excluding carboxylic acids is 2. The number of benzene rings is 1. The van der Waals surface area contributed by atoms with Gasteiger partial charge >= 0.3 is 5.97 Å². The monoisotopic (exact) mass is 351 g/mol. The van der Waals surface area contributed by atoms with Gasteiger partial charge in [-0.15, -0.1) is 0 Å². The molecule has 1 amide bonds. The second kappa shape index (κ2) is 7.97. The summed E-state index contributed by atoms with van der Waals surface area (Å²) >= 11 is 5.69. The minimum Gasteiger partial charge on any atom is -0.484 e. The minimum atomic E-state index is -0.654. The zero-order valence-corrected chi connectivity index (χ0v) is 13.1. The van der Waals surface area contributed by atoms with Crippen molar-refractivity contribution < 1.29 is 19.2 Å². The number of amidine groups is 1. The smallest absolute Gasteiger partial charge is 0.356 e. The van der Waals surface area contributed by atoms with Gasteiger partial charge in [-0.05, 0) is 24.3 Å². The molecule has 4 N–H and O–H groups in total. The standard InChI is InChI=1S/C14H14ClN5O4/c15-10-5-18-20(6-10)7-13(22)24-19-14(17)9-1-3-11(4-2-9)23-8-12(16)21/h1-6H,7-8H2,(H2,16,21)(H2,17,19). The normalized spacial score (nSPS) is 11.1. The van der Waals surface area contributed by atoms with Crippen molar-refractivity contribution in [3.63, 3.8) is 0 Å². The Hall–Kier alpha value is -3.07. The summed E-state index contributed by atoms with van der Waals surface area (Å²) in [6.07, 6.45) is 2.87. The van der Waals surface area contributed by atoms with Gasteiger partial charge in [0.1, 0.15) is 12.3 Å². The summed E-state index contributed by atoms with van der Waals surface area (Å²) in [7, 11) is 0. The number of primary amides is 1. The van der Waals surface area contributed by atoms with Crippen LogP contribution in [0.25, 0.3) is 0 Å². The lowest BCUT2D eigenvalue weighted by molar-refractivity contribution is -0.144. The fourth-order valence-electron chi connectivity index (χ4n) is 1.62. The van der Waals surface area contributed by atoms with Gasteiger partial charge < -0.3 is 21.0 Å². The van der Waals surface area contributed by atoms with Gasteiger partial charge in [-0.25, -0.2) is 4.79 Å². The summed E-state index contributed by atoms with van der Waals surface area (Å²) in [5, 5.41) is 7.80. The number of carbonyl (C=O) groups is 2. The Labute approximate surface area is 141 Å². The van der Waals surface area contributed by atoms with E-state index >= 15 is 0 Å². The van der Waals surface area contributed by atoms with E-state index in [0.717, 1.165) is 0 Å². The molecule has 0 saturated carbocycles. The fourth-order valence-corrected chi connectivity index (χ4v) is 1.77. The SMILES string of the molecule is NC(=O)COc1ccc(/C(N)=N/OC(=O)Cn2cc(Cl)cn2)cc1. The van der Waals surface area contributed by atoms with E-state index in [1.165, 1.54) is 17.1 Å². The molecule has 1 aromatic heterocycles. The lowest BCUT2D eigenvalue weighted by atomic mass is 10.2. The Bertz CT molecular complexity index is 757. The van der Waals surface area contributed by atoms with Crippen LogP contribution in [0.4, 0.5) is 0 Å². The van der Waals surface area contributed by atoms with Crippen LogP contribution < -0.4 is 16.2 Å². The third-order valence-corrected chi connectivity index (χ3v) is 2.86. The maximum absolute atomic E-state index is 11.6. The number of halogens is 1. The molecule has 0 fully saturated rings. The van der Waals surface area contributed by atoms with Gasteiger partial charge in [0.15, 0.2) is 12.4 Å². The minimum absolute atomic E-state index is 0.00305. The average molecular weight is 352 g/mol. The van der Waals surface area contributed by atoms with Gasteiger partial charge in [0.2, 0.25) is 0 Å². The van der Waals surface area contributed by atoms with E-state index in [1.54, 1.807) is 24.3 Å². The van der Waals surface area contributed by atoms with Crippen LogP contribution in [-0.2, 0) is 21.0 Å². The summed E-state index contributed by atoms with van der Waals surface area (Å²) in [6, 6.07) is 6.34. The molecule has 0 spiro atoms. The Morgan fingerprint density at radius 3 is 2.54 bits per heavy atom. The van der Waals surface area contributed by atoms with Crippen molar-refractivity contribution in [3.05, 3.63) is 47.2 Å². The molecule has 0 radical (unpaired) electrons. The quantitative estimate of drug-likeness (QED) is 0.318. The van der Waals surface area contributed by atoms with Crippen LogP contribution in [0.1, 0.15) is 5.56 Å². The highest BCUT2D eigenvalue weighted by Gasteiger charge is 2.07. The second-order valence-corrected chi connectivity index (χ2v) is 5.01. The van der Waals surface area contributed by atoms with E-state index in [2.05, 4.69) is 10.3 Å². The van der Waals surface area contributed by atoms with Crippen molar-refractivity contribution in [3.8, 4) is 5.75 Å². The van der Waals surface area contributed by atoms with Crippen LogP contribution >= 0.6 is 11.6 Å². The molecule has 9 nitrogen and oxygen atoms in total. The molecule has 1 heterocycles. The topological polar surface area (TPSA) is 135 Å². The molecule has 0 unspecified atom stereocenters. The first kappa shape index (κ1) is 17.3. The van der Waals surface area contributed by atoms with Crippen LogP contribution in [0.15, 0.2) is 41.8 Å². The molecule has 0 aliphatic carbocycles. The maximum atomic E-state index is 11.6. The second-order valence-electron chi connectivity index (χ2n) is 4.58. The van der Waals surface area contributed by atoms with E-state index in [1.807, 2.05) is 0 Å². The molecule has 0 bridgehead atoms. The molecule has 1 aromatic carbocycles. The summed E-state index contributed by atoms with van der Waals surface area (Å²) in [5.74, 6) is -0.786. The van der Waals surface area contributed by atoms with Gasteiger partial charge in [-0.1, -0.05) is 16.8 Å². The number of ether oxygens (including phenoxy) is 1. The molecule has 24 heavy (non-hydrogen) atoms. The number of aromatic nitrogens is 2. The maximum Gasteiger partial charge on any atom is 0.356 e. The van der Waals surface area contributed by atoms with Crippen molar-refractivity contribution >= 4 is 29.3 Å². The van der Waals surface area contributed by atoms with Crippen molar-refractivity contribution in [1.29, 1.82) is 0 Å². The summed E-state index contributed by atoms with van der Waals surface area (Å²) in [4.78, 5) is 26.9. The van der Waals surface area contributed by atoms with Crippen molar-refractivity contribution in [1.82, 2.24) is 9.78 Å². The highest BCUT2D eigenvalue weighted by Crippen LogP contribution is 2.12. The van der Waals surface area contributed by atoms with E-state index in [9.17, 15) is 9.59 Å². The number of rotatable bonds is 7. The lowest BCUT2D eigenvalue weighted by Crippen LogP contribution is -2.20. The predicted molar refractivity (Wildman–Crippen MR) is 85.2 cm³/mol. The highest BCUT2D eigenvalue weighted by molar-refractivity contribution is 6.30. The van der Waals surface area contributed by atoms with Crippen molar-refractivity contribution in [2.24, 2.45) is 16.6 Å². The van der Waals surface area contributed by atoms with E-state index in [-0.39, 0.29) is 19.0 Å². The number of amides is 1. The van der Waals surface area contributed by atoms with Gasteiger partial charge in [-0.3, -0.25) is 9.48 Å². The van der Waals surface area contributed by atoms with E-state index in [4.69, 9.17) is 32.6 Å². The number of oxime groups is 1. The van der Waals surface area contributed by atoms with Crippen LogP contribution in [0.3, 0.4) is 0 Å². The predicted octanol–water partition coefficient (Wildman–Crippen LogP) is 0.264. The third-order valence-electron chi connectivity index (χ3n) is 2.67. The van der Waals surface area contributed by atoms with Crippen molar-refractivity contribution in [2.75, 3.05) is 6.61 Å². The highest BCUT2D eigenvalue weighted by atomic mass is 35.5. The third kappa shape index (κ3) is 5.29. The molecule has 2 aromatic rings. The Balaban J connectivity index is 1.90. The van der Waals surface area contributed by atoms with Gasteiger partial charge in [0.25, 0.3) is 5.91 Å². The zero-order chi connectivity index (χ0) is 17.5. The molecule has 0 aliphatic rings. The molecular weight excluding hydrogens is 338 g/mol. The number of nitrogens with zero attached hydrogens (tertiary/aromatic N) is 3. The van der Waals surface area contributed by atoms with Crippen LogP contribution in [-0.4, -0.2) is 34.1 Å². The van der Waals surface area contributed by atoms with Gasteiger partial charge in [0.05, 0.1) is 11.2 Å². The van der Waals surface area contributed by atoms with Crippen LogP contribution in [0.2, 0.25) is 5.02 Å². The lowest BCUT2D eigenvalue weighted by Gasteiger charge is -2.05. The summed E-state index contributed by atoms with van der Waals surface area (Å²) < 4.78 is 6.41. The molecule has 2 rings (SSSR count). The summed E-state index contributed by atoms with van der Waals surface area (Å²) in [6.45, 7) is -0.374. The average Bonchev–Trinajstić information content (AvgIpc) is 2.96. The molecule has 10 heteroatoms. The zero-order valence-electron chi connectivity index (χ0n) is 12.4. The van der Waals surface area contributed by atoms with Crippen LogP contribution in [0, 0.1) is 0 Å². The summed E-state index contributed by atoms with van der Waals surface area (Å²) in [5.41, 5.74) is 11.2. The molecule has 0 aliphatic heterocycles. The first-order chi connectivity index (χ1) is 11.4. The van der Waals surface area contributed by atoms with E-state index < -0.39 is 11.9 Å². The molecule has 0 atom stereocenters. The van der Waals surface area contributed by atoms with Gasteiger partial charge in [-0.2, -0.15) is 5.10 Å². The Morgan fingerprint density at radius 1 is 1.25 bits per heavy atom. The fraction of sp³-hybridized carbons (Fsp3) is 0.143. The molecule has 0 saturated heterocycles.